The molecule has 1 heterocycles. The highest BCUT2D eigenvalue weighted by Gasteiger charge is 2.29. The van der Waals surface area contributed by atoms with Gasteiger partial charge in [0.25, 0.3) is 6.43 Å². The van der Waals surface area contributed by atoms with Crippen LogP contribution in [0.1, 0.15) is 63.2 Å². The molecule has 136 valence electrons. The summed E-state index contributed by atoms with van der Waals surface area (Å²) in [5, 5.41) is 0. The van der Waals surface area contributed by atoms with Crippen molar-refractivity contribution in [1.82, 2.24) is 0 Å². The number of ether oxygens (including phenoxy) is 3. The van der Waals surface area contributed by atoms with Gasteiger partial charge in [-0.2, -0.15) is 0 Å². The van der Waals surface area contributed by atoms with Crippen molar-refractivity contribution >= 4 is 0 Å². The monoisotopic (exact) mass is 346 g/mol. The quantitative estimate of drug-likeness (QED) is 0.606. The van der Waals surface area contributed by atoms with Crippen LogP contribution < -0.4 is 4.74 Å². The second-order valence-electron chi connectivity index (χ2n) is 5.86. The molecule has 6 heteroatoms. The smallest absolute Gasteiger partial charge is 0.270 e. The van der Waals surface area contributed by atoms with Crippen LogP contribution >= 0.6 is 0 Å². The molecule has 2 rings (SSSR count). The minimum Gasteiger partial charge on any atom is -0.493 e. The van der Waals surface area contributed by atoms with Gasteiger partial charge in [-0.15, -0.1) is 0 Å². The highest BCUT2D eigenvalue weighted by atomic mass is 19.3. The van der Waals surface area contributed by atoms with E-state index in [4.69, 9.17) is 14.2 Å². The maximum Gasteiger partial charge on any atom is 0.270 e. The molecular weight excluding hydrogens is 321 g/mol. The highest BCUT2D eigenvalue weighted by molar-refractivity contribution is 5.40. The van der Waals surface area contributed by atoms with E-state index in [2.05, 4.69) is 6.92 Å². The molecule has 0 spiro atoms. The van der Waals surface area contributed by atoms with Gasteiger partial charge < -0.3 is 14.2 Å². The van der Waals surface area contributed by atoms with Crippen molar-refractivity contribution in [2.24, 2.45) is 0 Å². The van der Waals surface area contributed by atoms with E-state index in [9.17, 15) is 13.2 Å². The predicted molar refractivity (Wildman–Crippen MR) is 85.1 cm³/mol. The van der Waals surface area contributed by atoms with E-state index in [1.54, 1.807) is 6.92 Å². The zero-order chi connectivity index (χ0) is 17.5. The lowest BCUT2D eigenvalue weighted by Crippen LogP contribution is -2.28. The summed E-state index contributed by atoms with van der Waals surface area (Å²) in [7, 11) is 0. The van der Waals surface area contributed by atoms with Gasteiger partial charge in [-0.1, -0.05) is 13.3 Å². The summed E-state index contributed by atoms with van der Waals surface area (Å²) in [5.41, 5.74) is -0.514. The lowest BCUT2D eigenvalue weighted by molar-refractivity contribution is -0.0881. The molecule has 1 aliphatic rings. The molecule has 1 fully saturated rings. The molecule has 2 atom stereocenters. The van der Waals surface area contributed by atoms with Gasteiger partial charge in [-0.25, -0.2) is 13.2 Å². The molecule has 0 bridgehead atoms. The third-order valence-corrected chi connectivity index (χ3v) is 4.12. The number of alkyl halides is 2. The van der Waals surface area contributed by atoms with Crippen LogP contribution in [-0.2, 0) is 9.47 Å². The molecular formula is C18H25F3O3. The van der Waals surface area contributed by atoms with Gasteiger partial charge in [0, 0.05) is 12.2 Å². The molecule has 1 saturated heterocycles. The van der Waals surface area contributed by atoms with E-state index in [-0.39, 0.29) is 24.0 Å². The maximum absolute atomic E-state index is 14.6. The van der Waals surface area contributed by atoms with Crippen molar-refractivity contribution < 1.29 is 27.4 Å². The highest BCUT2D eigenvalue weighted by Crippen LogP contribution is 2.38. The average Bonchev–Trinajstić information content (AvgIpc) is 2.56. The Labute approximate surface area is 141 Å². The number of halogens is 3. The maximum atomic E-state index is 14.6. The zero-order valence-electron chi connectivity index (χ0n) is 14.2. The Morgan fingerprint density at radius 1 is 1.25 bits per heavy atom. The molecule has 1 aromatic rings. The molecule has 0 amide bonds. The number of unbranched alkanes of at least 4 members (excludes halogenated alkanes) is 1. The van der Waals surface area contributed by atoms with Crippen LogP contribution in [0.15, 0.2) is 12.1 Å². The van der Waals surface area contributed by atoms with Crippen molar-refractivity contribution in [3.63, 3.8) is 0 Å². The summed E-state index contributed by atoms with van der Waals surface area (Å²) in [6.45, 7) is 5.00. The summed E-state index contributed by atoms with van der Waals surface area (Å²) >= 11 is 0. The molecule has 1 aliphatic heterocycles. The molecule has 0 aromatic heterocycles. The van der Waals surface area contributed by atoms with Gasteiger partial charge >= 0.3 is 0 Å². The Morgan fingerprint density at radius 2 is 2.04 bits per heavy atom. The van der Waals surface area contributed by atoms with Crippen LogP contribution in [0.2, 0.25) is 0 Å². The summed E-state index contributed by atoms with van der Waals surface area (Å²) in [6, 6.07) is 2.88. The largest absolute Gasteiger partial charge is 0.493 e. The Balaban J connectivity index is 2.06. The number of rotatable bonds is 8. The van der Waals surface area contributed by atoms with Crippen molar-refractivity contribution in [2.75, 3.05) is 19.8 Å². The van der Waals surface area contributed by atoms with E-state index in [0.717, 1.165) is 19.3 Å². The third kappa shape index (κ3) is 4.63. The molecule has 0 N–H and O–H groups in total. The topological polar surface area (TPSA) is 27.7 Å². The van der Waals surface area contributed by atoms with Crippen LogP contribution in [0.3, 0.4) is 0 Å². The van der Waals surface area contributed by atoms with Crippen LogP contribution in [0, 0.1) is 5.82 Å². The van der Waals surface area contributed by atoms with E-state index < -0.39 is 23.9 Å². The first kappa shape index (κ1) is 19.1. The van der Waals surface area contributed by atoms with Gasteiger partial charge in [-0.3, -0.25) is 0 Å². The normalized spacial score (nSPS) is 21.2. The number of hydrogen-bond donors (Lipinski definition) is 0. The lowest BCUT2D eigenvalue weighted by atomic mass is 9.97. The van der Waals surface area contributed by atoms with Crippen molar-refractivity contribution in [3.8, 4) is 5.75 Å². The summed E-state index contributed by atoms with van der Waals surface area (Å²) < 4.78 is 57.5. The Kier molecular flexibility index (Phi) is 7.37. The minimum absolute atomic E-state index is 0.00636. The SMILES string of the molecule is CCCCOC1CCC(c2ccc(OCC)c(C(F)F)c2F)OC1. The molecule has 1 aromatic carbocycles. The lowest BCUT2D eigenvalue weighted by Gasteiger charge is -2.30. The summed E-state index contributed by atoms with van der Waals surface area (Å²) in [6.07, 6.45) is -0.137. The van der Waals surface area contributed by atoms with E-state index >= 15 is 0 Å². The number of hydrogen-bond acceptors (Lipinski definition) is 3. The molecule has 24 heavy (non-hydrogen) atoms. The van der Waals surface area contributed by atoms with Crippen molar-refractivity contribution in [1.29, 1.82) is 0 Å². The van der Waals surface area contributed by atoms with E-state index in [1.165, 1.54) is 12.1 Å². The van der Waals surface area contributed by atoms with Crippen LogP contribution in [0.5, 0.6) is 5.75 Å². The second kappa shape index (κ2) is 9.28. The van der Waals surface area contributed by atoms with Gasteiger partial charge in [0.1, 0.15) is 11.6 Å². The first-order valence-electron chi connectivity index (χ1n) is 8.54. The summed E-state index contributed by atoms with van der Waals surface area (Å²) in [5.74, 6) is -1.03. The summed E-state index contributed by atoms with van der Waals surface area (Å²) in [4.78, 5) is 0. The van der Waals surface area contributed by atoms with Gasteiger partial charge in [0.15, 0.2) is 0 Å². The Bertz CT molecular complexity index is 514. The fourth-order valence-corrected chi connectivity index (χ4v) is 2.82. The van der Waals surface area contributed by atoms with E-state index in [1.807, 2.05) is 0 Å². The zero-order valence-corrected chi connectivity index (χ0v) is 14.2. The van der Waals surface area contributed by atoms with E-state index in [0.29, 0.717) is 19.6 Å². The minimum atomic E-state index is -2.93. The molecule has 0 aliphatic carbocycles. The van der Waals surface area contributed by atoms with Gasteiger partial charge in [0.2, 0.25) is 0 Å². The Hall–Kier alpha value is -1.27. The van der Waals surface area contributed by atoms with Gasteiger partial charge in [0.05, 0.1) is 31.0 Å². The van der Waals surface area contributed by atoms with Crippen LogP contribution in [0.25, 0.3) is 0 Å². The van der Waals surface area contributed by atoms with Crippen LogP contribution in [0.4, 0.5) is 13.2 Å². The molecule has 3 nitrogen and oxygen atoms in total. The Morgan fingerprint density at radius 3 is 2.62 bits per heavy atom. The fraction of sp³-hybridized carbons (Fsp3) is 0.667. The fourth-order valence-electron chi connectivity index (χ4n) is 2.82. The molecule has 0 saturated carbocycles. The third-order valence-electron chi connectivity index (χ3n) is 4.12. The van der Waals surface area contributed by atoms with Crippen molar-refractivity contribution in [3.05, 3.63) is 29.1 Å². The predicted octanol–water partition coefficient (Wildman–Crippen LogP) is 5.20. The van der Waals surface area contributed by atoms with Crippen LogP contribution in [-0.4, -0.2) is 25.9 Å². The molecule has 2 unspecified atom stereocenters. The first-order valence-corrected chi connectivity index (χ1v) is 8.54. The first-order chi connectivity index (χ1) is 11.6. The van der Waals surface area contributed by atoms with Crippen molar-refractivity contribution in [2.45, 2.75) is 58.2 Å². The van der Waals surface area contributed by atoms with Gasteiger partial charge in [-0.05, 0) is 38.3 Å². The average molecular weight is 346 g/mol. The second-order valence-corrected chi connectivity index (χ2v) is 5.86. The molecule has 0 radical (unpaired) electrons. The number of benzene rings is 1. The standard InChI is InChI=1S/C18H25F3O3/c1-3-5-10-23-12-6-8-14(24-11-12)13-7-9-15(22-4-2)16(17(13)19)18(20)21/h7,9,12,14,18H,3-6,8,10-11H2,1-2H3.